The van der Waals surface area contributed by atoms with Crippen LogP contribution in [0.5, 0.6) is 0 Å². The third-order valence-corrected chi connectivity index (χ3v) is 3.36. The fraction of sp³-hybridized carbons (Fsp3) is 0.417. The number of H-pyrrole nitrogens is 1. The number of hydrogen-bond donors (Lipinski definition) is 2. The summed E-state index contributed by atoms with van der Waals surface area (Å²) in [6.45, 7) is 3.15. The van der Waals surface area contributed by atoms with E-state index in [0.29, 0.717) is 17.5 Å². The lowest BCUT2D eigenvalue weighted by Crippen LogP contribution is -2.22. The molecule has 0 spiro atoms. The summed E-state index contributed by atoms with van der Waals surface area (Å²) in [4.78, 5) is 7.59. The minimum Gasteiger partial charge on any atom is -0.342 e. The number of halogens is 1. The Morgan fingerprint density at radius 2 is 2.31 bits per heavy atom. The van der Waals surface area contributed by atoms with Crippen molar-refractivity contribution < 1.29 is 4.39 Å². The van der Waals surface area contributed by atoms with Crippen LogP contribution in [0, 0.1) is 5.82 Å². The molecule has 1 fully saturated rings. The van der Waals surface area contributed by atoms with Gasteiger partial charge in [0.05, 0.1) is 5.52 Å². The maximum Gasteiger partial charge on any atom is 0.151 e. The Morgan fingerprint density at radius 1 is 1.44 bits per heavy atom. The minimum atomic E-state index is -0.251. The number of para-hydroxylation sites is 1. The highest BCUT2D eigenvalue weighted by Crippen LogP contribution is 2.27. The molecule has 84 valence electrons. The van der Waals surface area contributed by atoms with Crippen molar-refractivity contribution in [2.24, 2.45) is 0 Å². The topological polar surface area (TPSA) is 40.7 Å². The minimum absolute atomic E-state index is 0.251. The SMILES string of the molecule is CC1NCCC1c1nc2c(F)cccc2[nH]1. The van der Waals surface area contributed by atoms with Crippen molar-refractivity contribution >= 4 is 11.0 Å². The van der Waals surface area contributed by atoms with Crippen LogP contribution >= 0.6 is 0 Å². The van der Waals surface area contributed by atoms with Crippen LogP contribution in [0.1, 0.15) is 25.1 Å². The number of aromatic nitrogens is 2. The highest BCUT2D eigenvalue weighted by molar-refractivity contribution is 5.75. The van der Waals surface area contributed by atoms with Crippen molar-refractivity contribution in [3.05, 3.63) is 29.8 Å². The Labute approximate surface area is 93.1 Å². The van der Waals surface area contributed by atoms with Crippen LogP contribution in [-0.4, -0.2) is 22.6 Å². The number of fused-ring (bicyclic) bond motifs is 1. The van der Waals surface area contributed by atoms with Gasteiger partial charge in [-0.15, -0.1) is 0 Å². The summed E-state index contributed by atoms with van der Waals surface area (Å²) in [5.41, 5.74) is 1.24. The van der Waals surface area contributed by atoms with Gasteiger partial charge in [0.2, 0.25) is 0 Å². The monoisotopic (exact) mass is 219 g/mol. The van der Waals surface area contributed by atoms with Gasteiger partial charge >= 0.3 is 0 Å². The van der Waals surface area contributed by atoms with Crippen LogP contribution in [0.15, 0.2) is 18.2 Å². The van der Waals surface area contributed by atoms with Gasteiger partial charge in [0, 0.05) is 12.0 Å². The average molecular weight is 219 g/mol. The van der Waals surface area contributed by atoms with E-state index in [4.69, 9.17) is 0 Å². The smallest absolute Gasteiger partial charge is 0.151 e. The predicted molar refractivity (Wildman–Crippen MR) is 60.9 cm³/mol. The standard InChI is InChI=1S/C12H14FN3/c1-7-8(5-6-14-7)12-15-10-4-2-3-9(13)11(10)16-12/h2-4,7-8,14H,5-6H2,1H3,(H,15,16). The number of nitrogens with zero attached hydrogens (tertiary/aromatic N) is 1. The first-order chi connectivity index (χ1) is 7.75. The fourth-order valence-electron chi connectivity index (χ4n) is 2.42. The molecule has 3 nitrogen and oxygen atoms in total. The van der Waals surface area contributed by atoms with Gasteiger partial charge in [0.25, 0.3) is 0 Å². The number of nitrogens with one attached hydrogen (secondary N) is 2. The summed E-state index contributed by atoms with van der Waals surface area (Å²) in [6.07, 6.45) is 1.06. The van der Waals surface area contributed by atoms with Gasteiger partial charge in [-0.05, 0) is 32.0 Å². The molecule has 2 aromatic rings. The van der Waals surface area contributed by atoms with Crippen molar-refractivity contribution in [3.8, 4) is 0 Å². The molecule has 3 rings (SSSR count). The van der Waals surface area contributed by atoms with Crippen LogP contribution in [-0.2, 0) is 0 Å². The second kappa shape index (κ2) is 3.56. The second-order valence-corrected chi connectivity index (χ2v) is 4.40. The number of imidazole rings is 1. The molecule has 2 N–H and O–H groups in total. The zero-order valence-electron chi connectivity index (χ0n) is 9.13. The van der Waals surface area contributed by atoms with E-state index in [1.54, 1.807) is 6.07 Å². The molecule has 1 aliphatic rings. The molecule has 0 aliphatic carbocycles. The Hall–Kier alpha value is -1.42. The number of aromatic amines is 1. The quantitative estimate of drug-likeness (QED) is 0.771. The van der Waals surface area contributed by atoms with Gasteiger partial charge in [-0.1, -0.05) is 6.07 Å². The first-order valence-electron chi connectivity index (χ1n) is 5.63. The molecule has 1 aromatic heterocycles. The largest absolute Gasteiger partial charge is 0.342 e. The van der Waals surface area contributed by atoms with E-state index in [1.165, 1.54) is 6.07 Å². The van der Waals surface area contributed by atoms with Crippen LogP contribution in [0.2, 0.25) is 0 Å². The third kappa shape index (κ3) is 1.41. The van der Waals surface area contributed by atoms with E-state index in [1.807, 2.05) is 6.07 Å². The van der Waals surface area contributed by atoms with Crippen LogP contribution in [0.4, 0.5) is 4.39 Å². The third-order valence-electron chi connectivity index (χ3n) is 3.36. The Balaban J connectivity index is 2.08. The first kappa shape index (κ1) is 9.78. The molecule has 16 heavy (non-hydrogen) atoms. The summed E-state index contributed by atoms with van der Waals surface area (Å²) >= 11 is 0. The molecular weight excluding hydrogens is 205 g/mol. The molecule has 0 radical (unpaired) electrons. The molecule has 2 unspecified atom stereocenters. The lowest BCUT2D eigenvalue weighted by atomic mass is 10.0. The molecule has 0 saturated carbocycles. The number of hydrogen-bond acceptors (Lipinski definition) is 2. The molecule has 1 saturated heterocycles. The molecule has 2 atom stereocenters. The predicted octanol–water partition coefficient (Wildman–Crippen LogP) is 2.17. The summed E-state index contributed by atoms with van der Waals surface area (Å²) in [6, 6.07) is 5.42. The van der Waals surface area contributed by atoms with Crippen molar-refractivity contribution in [1.82, 2.24) is 15.3 Å². The summed E-state index contributed by atoms with van der Waals surface area (Å²) < 4.78 is 13.5. The molecule has 1 aliphatic heterocycles. The highest BCUT2D eigenvalue weighted by atomic mass is 19.1. The van der Waals surface area contributed by atoms with Gasteiger partial charge < -0.3 is 10.3 Å². The average Bonchev–Trinajstić information content (AvgIpc) is 2.84. The molecule has 0 amide bonds. The molecule has 0 bridgehead atoms. The van der Waals surface area contributed by atoms with Crippen molar-refractivity contribution in [2.75, 3.05) is 6.54 Å². The van der Waals surface area contributed by atoms with Crippen LogP contribution in [0.25, 0.3) is 11.0 Å². The number of rotatable bonds is 1. The highest BCUT2D eigenvalue weighted by Gasteiger charge is 2.27. The van der Waals surface area contributed by atoms with Crippen molar-refractivity contribution in [2.45, 2.75) is 25.3 Å². The zero-order chi connectivity index (χ0) is 11.1. The normalized spacial score (nSPS) is 25.4. The second-order valence-electron chi connectivity index (χ2n) is 4.40. The zero-order valence-corrected chi connectivity index (χ0v) is 9.13. The lowest BCUT2D eigenvalue weighted by Gasteiger charge is -2.11. The summed E-state index contributed by atoms with van der Waals surface area (Å²) in [7, 11) is 0. The van der Waals surface area contributed by atoms with Gasteiger partial charge in [-0.3, -0.25) is 0 Å². The maximum absolute atomic E-state index is 13.5. The summed E-state index contributed by atoms with van der Waals surface area (Å²) in [5.74, 6) is 1.02. The molecule has 2 heterocycles. The van der Waals surface area contributed by atoms with Crippen molar-refractivity contribution in [3.63, 3.8) is 0 Å². The van der Waals surface area contributed by atoms with Gasteiger partial charge in [-0.25, -0.2) is 9.37 Å². The van der Waals surface area contributed by atoms with Gasteiger partial charge in [-0.2, -0.15) is 0 Å². The first-order valence-corrected chi connectivity index (χ1v) is 5.63. The lowest BCUT2D eigenvalue weighted by molar-refractivity contribution is 0.573. The van der Waals surface area contributed by atoms with E-state index in [2.05, 4.69) is 22.2 Å². The maximum atomic E-state index is 13.5. The van der Waals surface area contributed by atoms with E-state index in [0.717, 1.165) is 24.3 Å². The van der Waals surface area contributed by atoms with E-state index in [-0.39, 0.29) is 5.82 Å². The summed E-state index contributed by atoms with van der Waals surface area (Å²) in [5, 5.41) is 3.37. The van der Waals surface area contributed by atoms with E-state index < -0.39 is 0 Å². The van der Waals surface area contributed by atoms with Gasteiger partial charge in [0.1, 0.15) is 11.3 Å². The van der Waals surface area contributed by atoms with Crippen LogP contribution < -0.4 is 5.32 Å². The number of benzene rings is 1. The molecule has 4 heteroatoms. The van der Waals surface area contributed by atoms with E-state index >= 15 is 0 Å². The fourth-order valence-corrected chi connectivity index (χ4v) is 2.42. The van der Waals surface area contributed by atoms with Crippen LogP contribution in [0.3, 0.4) is 0 Å². The van der Waals surface area contributed by atoms with Gasteiger partial charge in [0.15, 0.2) is 5.82 Å². The molecular formula is C12H14FN3. The Kier molecular flexibility index (Phi) is 2.17. The Bertz CT molecular complexity index is 520. The van der Waals surface area contributed by atoms with Crippen molar-refractivity contribution in [1.29, 1.82) is 0 Å². The molecule has 1 aromatic carbocycles. The van der Waals surface area contributed by atoms with E-state index in [9.17, 15) is 4.39 Å². The Morgan fingerprint density at radius 3 is 3.00 bits per heavy atom.